The quantitative estimate of drug-likeness (QED) is 0.573. The highest BCUT2D eigenvalue weighted by Gasteiger charge is 2.34. The van der Waals surface area contributed by atoms with Crippen LogP contribution in [0.1, 0.15) is 69.8 Å². The van der Waals surface area contributed by atoms with E-state index < -0.39 is 0 Å². The van der Waals surface area contributed by atoms with Crippen molar-refractivity contribution in [2.75, 3.05) is 0 Å². The van der Waals surface area contributed by atoms with Gasteiger partial charge < -0.3 is 0 Å². The summed E-state index contributed by atoms with van der Waals surface area (Å²) in [6.45, 7) is 0. The molecule has 0 saturated heterocycles. The average Bonchev–Trinajstić information content (AvgIpc) is 2.69. The zero-order valence-corrected chi connectivity index (χ0v) is 15.1. The molecular formula is C23H28N2. The van der Waals surface area contributed by atoms with Crippen LogP contribution in [0.3, 0.4) is 0 Å². The normalized spacial score (nSPS) is 20.8. The second-order valence-corrected chi connectivity index (χ2v) is 7.75. The van der Waals surface area contributed by atoms with Crippen molar-refractivity contribution in [2.45, 2.75) is 75.8 Å². The molecule has 2 fully saturated rings. The number of hydrogen-bond acceptors (Lipinski definition) is 2. The lowest BCUT2D eigenvalue weighted by atomic mass is 9.75. The Balaban J connectivity index is 1.72. The fourth-order valence-electron chi connectivity index (χ4n) is 4.63. The zero-order chi connectivity index (χ0) is 17.0. The molecule has 130 valence electrons. The van der Waals surface area contributed by atoms with Gasteiger partial charge in [0.2, 0.25) is 0 Å². The third-order valence-electron chi connectivity index (χ3n) is 6.05. The second kappa shape index (κ2) is 7.54. The molecule has 2 heteroatoms. The van der Waals surface area contributed by atoms with Crippen LogP contribution in [0.4, 0.5) is 0 Å². The van der Waals surface area contributed by atoms with E-state index in [1.54, 1.807) is 0 Å². The number of fused-ring (bicyclic) bond motifs is 1. The van der Waals surface area contributed by atoms with Gasteiger partial charge in [-0.25, -0.2) is 9.98 Å². The van der Waals surface area contributed by atoms with Crippen molar-refractivity contribution in [2.24, 2.45) is 9.98 Å². The Morgan fingerprint density at radius 3 is 2.36 bits per heavy atom. The molecule has 0 aliphatic heterocycles. The van der Waals surface area contributed by atoms with Crippen LogP contribution in [-0.4, -0.2) is 12.1 Å². The number of aliphatic imine (C=N–C) groups is 2. The van der Waals surface area contributed by atoms with E-state index in [2.05, 4.69) is 48.5 Å². The van der Waals surface area contributed by atoms with Gasteiger partial charge in [0, 0.05) is 0 Å². The summed E-state index contributed by atoms with van der Waals surface area (Å²) in [4.78, 5) is 9.72. The Morgan fingerprint density at radius 2 is 1.52 bits per heavy atom. The molecule has 0 aromatic heterocycles. The van der Waals surface area contributed by atoms with Crippen LogP contribution in [-0.2, 0) is 5.54 Å². The van der Waals surface area contributed by atoms with E-state index in [1.807, 2.05) is 0 Å². The van der Waals surface area contributed by atoms with Crippen molar-refractivity contribution in [3.63, 3.8) is 0 Å². The van der Waals surface area contributed by atoms with E-state index in [9.17, 15) is 0 Å². The Morgan fingerprint density at radius 1 is 0.800 bits per heavy atom. The van der Waals surface area contributed by atoms with Crippen LogP contribution in [0, 0.1) is 0 Å². The molecular weight excluding hydrogens is 304 g/mol. The fourth-order valence-corrected chi connectivity index (χ4v) is 4.63. The minimum Gasteiger partial charge on any atom is -0.222 e. The molecule has 0 heterocycles. The molecule has 2 nitrogen and oxygen atoms in total. The zero-order valence-electron chi connectivity index (χ0n) is 15.1. The van der Waals surface area contributed by atoms with Crippen LogP contribution in [0.15, 0.2) is 52.4 Å². The smallest absolute Gasteiger partial charge is 0.0972 e. The lowest BCUT2D eigenvalue weighted by Gasteiger charge is -2.34. The topological polar surface area (TPSA) is 24.7 Å². The van der Waals surface area contributed by atoms with Crippen molar-refractivity contribution in [3.8, 4) is 0 Å². The largest absolute Gasteiger partial charge is 0.222 e. The summed E-state index contributed by atoms with van der Waals surface area (Å²) in [5, 5.41) is 2.65. The van der Waals surface area contributed by atoms with E-state index in [-0.39, 0.29) is 5.54 Å². The third kappa shape index (κ3) is 3.55. The number of benzene rings is 2. The van der Waals surface area contributed by atoms with Crippen molar-refractivity contribution in [1.29, 1.82) is 0 Å². The minimum atomic E-state index is -0.128. The summed E-state index contributed by atoms with van der Waals surface area (Å²) in [5.41, 5.74) is 1.24. The van der Waals surface area contributed by atoms with Gasteiger partial charge in [0.25, 0.3) is 0 Å². The minimum absolute atomic E-state index is 0.128. The van der Waals surface area contributed by atoms with Crippen LogP contribution in [0.25, 0.3) is 10.8 Å². The summed E-state index contributed by atoms with van der Waals surface area (Å²) in [5.74, 6) is 0. The lowest BCUT2D eigenvalue weighted by Crippen LogP contribution is -2.27. The predicted molar refractivity (Wildman–Crippen MR) is 105 cm³/mol. The first kappa shape index (κ1) is 16.5. The van der Waals surface area contributed by atoms with Crippen LogP contribution >= 0.6 is 0 Å². The number of nitrogens with zero attached hydrogens (tertiary/aromatic N) is 2. The molecule has 25 heavy (non-hydrogen) atoms. The van der Waals surface area contributed by atoms with E-state index in [0.717, 1.165) is 12.8 Å². The van der Waals surface area contributed by atoms with Gasteiger partial charge in [-0.15, -0.1) is 0 Å². The summed E-state index contributed by atoms with van der Waals surface area (Å²) < 4.78 is 0. The molecule has 0 amide bonds. The molecule has 2 saturated carbocycles. The van der Waals surface area contributed by atoms with Crippen LogP contribution in [0.2, 0.25) is 0 Å². The maximum Gasteiger partial charge on any atom is 0.0972 e. The molecule has 2 aromatic rings. The van der Waals surface area contributed by atoms with Gasteiger partial charge in [0.05, 0.1) is 17.6 Å². The molecule has 0 N–H and O–H groups in total. The first-order chi connectivity index (χ1) is 12.4. The van der Waals surface area contributed by atoms with Crippen molar-refractivity contribution >= 4 is 16.8 Å². The molecule has 0 atom stereocenters. The molecule has 4 rings (SSSR count). The Kier molecular flexibility index (Phi) is 4.99. The van der Waals surface area contributed by atoms with Crippen LogP contribution in [0.5, 0.6) is 0 Å². The first-order valence-electron chi connectivity index (χ1n) is 10.0. The Bertz CT molecular complexity index is 768. The van der Waals surface area contributed by atoms with E-state index in [1.165, 1.54) is 67.7 Å². The summed E-state index contributed by atoms with van der Waals surface area (Å²) in [7, 11) is 0. The monoisotopic (exact) mass is 332 g/mol. The van der Waals surface area contributed by atoms with E-state index in [0.29, 0.717) is 6.04 Å². The average molecular weight is 332 g/mol. The Labute approximate surface area is 151 Å². The summed E-state index contributed by atoms with van der Waals surface area (Å²) in [6.07, 6.45) is 12.5. The van der Waals surface area contributed by atoms with Gasteiger partial charge in [-0.1, -0.05) is 81.0 Å². The first-order valence-corrected chi connectivity index (χ1v) is 10.0. The van der Waals surface area contributed by atoms with Gasteiger partial charge >= 0.3 is 0 Å². The highest BCUT2D eigenvalue weighted by Crippen LogP contribution is 2.43. The molecule has 0 bridgehead atoms. The summed E-state index contributed by atoms with van der Waals surface area (Å²) >= 11 is 0. The highest BCUT2D eigenvalue weighted by molar-refractivity contribution is 5.86. The number of rotatable bonds is 3. The van der Waals surface area contributed by atoms with Crippen molar-refractivity contribution in [1.82, 2.24) is 0 Å². The molecule has 0 spiro atoms. The van der Waals surface area contributed by atoms with Crippen LogP contribution < -0.4 is 0 Å². The van der Waals surface area contributed by atoms with Gasteiger partial charge in [-0.05, 0) is 42.0 Å². The van der Waals surface area contributed by atoms with Crippen molar-refractivity contribution < 1.29 is 0 Å². The van der Waals surface area contributed by atoms with Gasteiger partial charge in [-0.2, -0.15) is 0 Å². The maximum absolute atomic E-state index is 5.01. The van der Waals surface area contributed by atoms with Gasteiger partial charge in [-0.3, -0.25) is 0 Å². The predicted octanol–water partition coefficient (Wildman–Crippen LogP) is 6.51. The molecule has 2 aromatic carbocycles. The fraction of sp³-hybridized carbons (Fsp3) is 0.522. The van der Waals surface area contributed by atoms with Gasteiger partial charge in [0.15, 0.2) is 0 Å². The SMILES string of the molecule is C(=NC1CCCCC1)=NC1(c2cccc3ccccc23)CCCCC1. The number of hydrogen-bond donors (Lipinski definition) is 0. The van der Waals surface area contributed by atoms with E-state index >= 15 is 0 Å². The molecule has 2 aliphatic carbocycles. The van der Waals surface area contributed by atoms with Crippen molar-refractivity contribution in [3.05, 3.63) is 48.0 Å². The second-order valence-electron chi connectivity index (χ2n) is 7.75. The standard InChI is InChI=1S/C23H28N2/c1-3-12-20(13-4-1)24-18-25-23(16-7-2-8-17-23)22-15-9-11-19-10-5-6-14-21(19)22/h5-6,9-11,14-15,20H,1-4,7-8,12-13,16-17H2. The van der Waals surface area contributed by atoms with Gasteiger partial charge in [0.1, 0.15) is 0 Å². The lowest BCUT2D eigenvalue weighted by molar-refractivity contribution is 0.308. The van der Waals surface area contributed by atoms with E-state index in [4.69, 9.17) is 9.98 Å². The molecule has 0 radical (unpaired) electrons. The highest BCUT2D eigenvalue weighted by atomic mass is 14.9. The third-order valence-corrected chi connectivity index (χ3v) is 6.05. The maximum atomic E-state index is 5.01. The molecule has 2 aliphatic rings. The molecule has 0 unspecified atom stereocenters. The Hall–Kier alpha value is -1.92. The summed E-state index contributed by atoms with van der Waals surface area (Å²) in [6, 6.07) is 19.0.